The standard InChI is InChI=1S/C11H11N3O2S/c1-6(10(15)16)5-17-11-13-8-3-2-7(12)4-9(8)14-11/h2-4H,1,5,12H2,(H,13,14)(H,15,16). The van der Waals surface area contributed by atoms with Gasteiger partial charge >= 0.3 is 5.97 Å². The molecule has 0 unspecified atom stereocenters. The van der Waals surface area contributed by atoms with Gasteiger partial charge in [0.2, 0.25) is 0 Å². The molecule has 0 aliphatic carbocycles. The Balaban J connectivity index is 2.14. The van der Waals surface area contributed by atoms with Crippen LogP contribution in [0.5, 0.6) is 0 Å². The highest BCUT2D eigenvalue weighted by Gasteiger charge is 2.07. The molecule has 17 heavy (non-hydrogen) atoms. The molecule has 0 aliphatic heterocycles. The van der Waals surface area contributed by atoms with Crippen LogP contribution in [0.15, 0.2) is 35.5 Å². The summed E-state index contributed by atoms with van der Waals surface area (Å²) < 4.78 is 0. The fourth-order valence-corrected chi connectivity index (χ4v) is 2.07. The van der Waals surface area contributed by atoms with Crippen molar-refractivity contribution in [2.24, 2.45) is 0 Å². The lowest BCUT2D eigenvalue weighted by Gasteiger charge is -1.96. The molecule has 2 rings (SSSR count). The number of hydrogen-bond acceptors (Lipinski definition) is 4. The number of rotatable bonds is 4. The first-order chi connectivity index (χ1) is 8.06. The molecule has 5 nitrogen and oxygen atoms in total. The fraction of sp³-hybridized carbons (Fsp3) is 0.0909. The first-order valence-corrected chi connectivity index (χ1v) is 5.84. The van der Waals surface area contributed by atoms with E-state index in [0.29, 0.717) is 16.6 Å². The first-order valence-electron chi connectivity index (χ1n) is 4.85. The van der Waals surface area contributed by atoms with Crippen molar-refractivity contribution < 1.29 is 9.90 Å². The van der Waals surface area contributed by atoms with Crippen molar-refractivity contribution in [3.63, 3.8) is 0 Å². The maximum Gasteiger partial charge on any atom is 0.331 e. The van der Waals surface area contributed by atoms with Crippen LogP contribution in [-0.4, -0.2) is 26.8 Å². The first kappa shape index (κ1) is 11.5. The Kier molecular flexibility index (Phi) is 3.06. The summed E-state index contributed by atoms with van der Waals surface area (Å²) >= 11 is 1.30. The van der Waals surface area contributed by atoms with Crippen molar-refractivity contribution in [1.82, 2.24) is 9.97 Å². The largest absolute Gasteiger partial charge is 0.478 e. The molecule has 0 fully saturated rings. The lowest BCUT2D eigenvalue weighted by molar-refractivity contribution is -0.132. The van der Waals surface area contributed by atoms with Gasteiger partial charge in [-0.2, -0.15) is 0 Å². The summed E-state index contributed by atoms with van der Waals surface area (Å²) in [5.74, 6) is -0.692. The van der Waals surface area contributed by atoms with Gasteiger partial charge in [-0.25, -0.2) is 9.78 Å². The van der Waals surface area contributed by atoms with E-state index < -0.39 is 5.97 Å². The van der Waals surface area contributed by atoms with Gasteiger partial charge in [0.05, 0.1) is 11.0 Å². The Morgan fingerprint density at radius 3 is 3.06 bits per heavy atom. The van der Waals surface area contributed by atoms with Crippen LogP contribution in [0.4, 0.5) is 5.69 Å². The molecular formula is C11H11N3O2S. The van der Waals surface area contributed by atoms with Crippen LogP contribution in [0.25, 0.3) is 11.0 Å². The Hall–Kier alpha value is -1.95. The molecule has 0 radical (unpaired) electrons. The number of aromatic nitrogens is 2. The number of nitrogens with one attached hydrogen (secondary N) is 1. The van der Waals surface area contributed by atoms with E-state index in [0.717, 1.165) is 11.0 Å². The van der Waals surface area contributed by atoms with Crippen LogP contribution in [0.1, 0.15) is 0 Å². The van der Waals surface area contributed by atoms with E-state index in [1.165, 1.54) is 11.8 Å². The average Bonchev–Trinajstić information content (AvgIpc) is 2.67. The van der Waals surface area contributed by atoms with E-state index >= 15 is 0 Å². The maximum atomic E-state index is 10.6. The molecule has 0 spiro atoms. The maximum absolute atomic E-state index is 10.6. The second kappa shape index (κ2) is 4.50. The van der Waals surface area contributed by atoms with E-state index in [1.807, 2.05) is 6.07 Å². The normalized spacial score (nSPS) is 10.6. The quantitative estimate of drug-likeness (QED) is 0.437. The summed E-state index contributed by atoms with van der Waals surface area (Å²) in [7, 11) is 0. The van der Waals surface area contributed by atoms with E-state index in [9.17, 15) is 4.79 Å². The molecule has 4 N–H and O–H groups in total. The molecule has 0 amide bonds. The smallest absolute Gasteiger partial charge is 0.331 e. The number of aliphatic carboxylic acids is 1. The molecule has 88 valence electrons. The van der Waals surface area contributed by atoms with Crippen molar-refractivity contribution >= 4 is 34.5 Å². The number of H-pyrrole nitrogens is 1. The van der Waals surface area contributed by atoms with Crippen molar-refractivity contribution in [1.29, 1.82) is 0 Å². The van der Waals surface area contributed by atoms with Crippen LogP contribution in [0.3, 0.4) is 0 Å². The Morgan fingerprint density at radius 2 is 2.35 bits per heavy atom. The summed E-state index contributed by atoms with van der Waals surface area (Å²) in [6.45, 7) is 3.46. The highest BCUT2D eigenvalue weighted by atomic mass is 32.2. The lowest BCUT2D eigenvalue weighted by atomic mass is 10.3. The second-order valence-corrected chi connectivity index (χ2v) is 4.48. The van der Waals surface area contributed by atoms with Crippen molar-refractivity contribution in [3.8, 4) is 0 Å². The molecule has 1 heterocycles. The minimum absolute atomic E-state index is 0.148. The van der Waals surface area contributed by atoms with Gasteiger partial charge in [-0.3, -0.25) is 0 Å². The van der Waals surface area contributed by atoms with Crippen LogP contribution >= 0.6 is 11.8 Å². The van der Waals surface area contributed by atoms with Gasteiger partial charge in [0.15, 0.2) is 5.16 Å². The number of nitrogens with two attached hydrogens (primary N) is 1. The minimum Gasteiger partial charge on any atom is -0.478 e. The number of thioether (sulfide) groups is 1. The number of carboxylic acids is 1. The predicted molar refractivity (Wildman–Crippen MR) is 68.0 cm³/mol. The zero-order chi connectivity index (χ0) is 12.4. The second-order valence-electron chi connectivity index (χ2n) is 3.52. The zero-order valence-electron chi connectivity index (χ0n) is 8.93. The van der Waals surface area contributed by atoms with Crippen molar-refractivity contribution in [2.75, 3.05) is 11.5 Å². The van der Waals surface area contributed by atoms with E-state index in [-0.39, 0.29) is 5.57 Å². The van der Waals surface area contributed by atoms with Crippen molar-refractivity contribution in [2.45, 2.75) is 5.16 Å². The number of nitrogens with zero attached hydrogens (tertiary/aromatic N) is 1. The third kappa shape index (κ3) is 2.59. The molecule has 2 aromatic rings. The number of fused-ring (bicyclic) bond motifs is 1. The zero-order valence-corrected chi connectivity index (χ0v) is 9.75. The van der Waals surface area contributed by atoms with Gasteiger partial charge < -0.3 is 15.8 Å². The molecule has 1 aromatic carbocycles. The van der Waals surface area contributed by atoms with Crippen LogP contribution in [0.2, 0.25) is 0 Å². The molecular weight excluding hydrogens is 238 g/mol. The van der Waals surface area contributed by atoms with Crippen molar-refractivity contribution in [3.05, 3.63) is 30.4 Å². The fourth-order valence-electron chi connectivity index (χ4n) is 1.29. The number of carboxylic acid groups (broad SMARTS) is 1. The van der Waals surface area contributed by atoms with E-state index in [4.69, 9.17) is 10.8 Å². The lowest BCUT2D eigenvalue weighted by Crippen LogP contribution is -2.01. The van der Waals surface area contributed by atoms with Gasteiger partial charge in [0.25, 0.3) is 0 Å². The monoisotopic (exact) mass is 249 g/mol. The van der Waals surface area contributed by atoms with Gasteiger partial charge in [-0.1, -0.05) is 18.3 Å². The molecule has 1 aromatic heterocycles. The van der Waals surface area contributed by atoms with Gasteiger partial charge in [-0.05, 0) is 18.2 Å². The third-order valence-electron chi connectivity index (χ3n) is 2.17. The predicted octanol–water partition coefficient (Wildman–Crippen LogP) is 1.88. The number of imidazole rings is 1. The number of nitrogen functional groups attached to an aromatic ring is 1. The number of hydrogen-bond donors (Lipinski definition) is 3. The minimum atomic E-state index is -0.988. The Labute approximate surface area is 102 Å². The molecule has 6 heteroatoms. The molecule has 0 saturated heterocycles. The Bertz CT molecular complexity index is 591. The number of benzene rings is 1. The van der Waals surface area contributed by atoms with Crippen LogP contribution in [-0.2, 0) is 4.79 Å². The SMILES string of the molecule is C=C(CSc1nc2ccc(N)cc2[nH]1)C(=O)O. The van der Waals surface area contributed by atoms with Gasteiger partial charge in [-0.15, -0.1) is 0 Å². The average molecular weight is 249 g/mol. The van der Waals surface area contributed by atoms with Crippen LogP contribution < -0.4 is 5.73 Å². The summed E-state index contributed by atoms with van der Waals surface area (Å²) in [5, 5.41) is 9.34. The van der Waals surface area contributed by atoms with Gasteiger partial charge in [0.1, 0.15) is 0 Å². The summed E-state index contributed by atoms with van der Waals surface area (Å²) in [6.07, 6.45) is 0. The van der Waals surface area contributed by atoms with E-state index in [2.05, 4.69) is 16.5 Å². The highest BCUT2D eigenvalue weighted by Crippen LogP contribution is 2.22. The summed E-state index contributed by atoms with van der Waals surface area (Å²) in [6, 6.07) is 5.38. The number of anilines is 1. The van der Waals surface area contributed by atoms with E-state index in [1.54, 1.807) is 12.1 Å². The molecule has 0 aliphatic rings. The highest BCUT2D eigenvalue weighted by molar-refractivity contribution is 7.99. The van der Waals surface area contributed by atoms with Crippen LogP contribution in [0, 0.1) is 0 Å². The molecule has 0 saturated carbocycles. The molecule has 0 bridgehead atoms. The van der Waals surface area contributed by atoms with Gasteiger partial charge in [0, 0.05) is 17.0 Å². The Morgan fingerprint density at radius 1 is 1.59 bits per heavy atom. The summed E-state index contributed by atoms with van der Waals surface area (Å²) in [4.78, 5) is 17.9. The third-order valence-corrected chi connectivity index (χ3v) is 3.13. The number of carbonyl (C=O) groups is 1. The summed E-state index contributed by atoms with van der Waals surface area (Å²) in [5.41, 5.74) is 8.11. The topological polar surface area (TPSA) is 92.0 Å². The molecule has 0 atom stereocenters. The number of aromatic amines is 1.